The number of nitrogens with one attached hydrogen (secondary N) is 1. The lowest BCUT2D eigenvalue weighted by molar-refractivity contribution is -0.137. The molecule has 1 aliphatic carbocycles. The van der Waals surface area contributed by atoms with E-state index in [-0.39, 0.29) is 42.5 Å². The van der Waals surface area contributed by atoms with Crippen LogP contribution in [0, 0.1) is 5.82 Å². The number of hydrogen-bond acceptors (Lipinski definition) is 6. The predicted molar refractivity (Wildman–Crippen MR) is 137 cm³/mol. The van der Waals surface area contributed by atoms with Gasteiger partial charge in [0.15, 0.2) is 0 Å². The van der Waals surface area contributed by atoms with E-state index in [0.717, 1.165) is 37.1 Å². The maximum absolute atomic E-state index is 14.8. The van der Waals surface area contributed by atoms with E-state index < -0.39 is 27.6 Å². The molecule has 1 aromatic heterocycles. The zero-order valence-electron chi connectivity index (χ0n) is 21.3. The first-order chi connectivity index (χ1) is 17.9. The van der Waals surface area contributed by atoms with Gasteiger partial charge < -0.3 is 14.4 Å². The second-order valence-corrected chi connectivity index (χ2v) is 11.5. The van der Waals surface area contributed by atoms with Gasteiger partial charge >= 0.3 is 6.18 Å². The Labute approximate surface area is 225 Å². The first-order valence-corrected chi connectivity index (χ1v) is 14.5. The molecule has 1 saturated carbocycles. The first-order valence-electron chi connectivity index (χ1n) is 12.4. The zero-order valence-corrected chi connectivity index (χ0v) is 22.9. The highest BCUT2D eigenvalue weighted by molar-refractivity contribution is 7.89. The molecule has 0 saturated heterocycles. The fourth-order valence-corrected chi connectivity index (χ4v) is 4.56. The molecule has 1 fully saturated rings. The van der Waals surface area contributed by atoms with Crippen molar-refractivity contribution in [2.24, 2.45) is 0 Å². The second kappa shape index (κ2) is 13.3. The highest BCUT2D eigenvalue weighted by atomic mass is 35.5. The summed E-state index contributed by atoms with van der Waals surface area (Å²) in [6.45, 7) is 4.34. The van der Waals surface area contributed by atoms with Crippen LogP contribution in [0.25, 0.3) is 0 Å². The van der Waals surface area contributed by atoms with Crippen molar-refractivity contribution in [2.75, 3.05) is 37.1 Å². The third-order valence-electron chi connectivity index (χ3n) is 5.99. The highest BCUT2D eigenvalue weighted by Gasteiger charge is 2.32. The van der Waals surface area contributed by atoms with Crippen molar-refractivity contribution in [1.29, 1.82) is 0 Å². The molecule has 1 aromatic carbocycles. The normalized spacial score (nSPS) is 14.1. The lowest BCUT2D eigenvalue weighted by Crippen LogP contribution is -2.28. The summed E-state index contributed by atoms with van der Waals surface area (Å²) in [6, 6.07) is 3.89. The van der Waals surface area contributed by atoms with Gasteiger partial charge in [-0.3, -0.25) is 0 Å². The summed E-state index contributed by atoms with van der Waals surface area (Å²) in [4.78, 5) is 5.76. The Balaban J connectivity index is 1.60. The van der Waals surface area contributed by atoms with E-state index >= 15 is 0 Å². The average molecular weight is 582 g/mol. The van der Waals surface area contributed by atoms with Gasteiger partial charge in [-0.15, -0.1) is 0 Å². The summed E-state index contributed by atoms with van der Waals surface area (Å²) in [5.41, 5.74) is 0.279. The lowest BCUT2D eigenvalue weighted by atomic mass is 10.1. The maximum atomic E-state index is 14.8. The van der Waals surface area contributed by atoms with E-state index in [1.54, 1.807) is 11.0 Å². The molecule has 1 N–H and O–H groups in total. The number of alkyl halides is 3. The highest BCUT2D eigenvalue weighted by Crippen LogP contribution is 2.45. The van der Waals surface area contributed by atoms with Gasteiger partial charge in [0.1, 0.15) is 24.1 Å². The minimum atomic E-state index is -4.53. The summed E-state index contributed by atoms with van der Waals surface area (Å²) >= 11 is 6.12. The van der Waals surface area contributed by atoms with Crippen LogP contribution in [0.1, 0.15) is 62.1 Å². The fraction of sp³-hybridized carbons (Fsp3) is 0.560. The number of anilines is 1. The number of rotatable bonds is 15. The van der Waals surface area contributed by atoms with Gasteiger partial charge in [-0.2, -0.15) is 17.9 Å². The second-order valence-electron chi connectivity index (χ2n) is 9.01. The van der Waals surface area contributed by atoms with Gasteiger partial charge in [0.05, 0.1) is 29.6 Å². The third kappa shape index (κ3) is 8.69. The predicted octanol–water partition coefficient (Wildman–Crippen LogP) is 5.87. The van der Waals surface area contributed by atoms with E-state index in [4.69, 9.17) is 21.1 Å². The third-order valence-corrected chi connectivity index (χ3v) is 7.58. The largest absolute Gasteiger partial charge is 0.493 e. The summed E-state index contributed by atoms with van der Waals surface area (Å²) < 4.78 is 90.1. The van der Waals surface area contributed by atoms with Crippen molar-refractivity contribution in [2.45, 2.75) is 58.2 Å². The number of benzene rings is 1. The van der Waals surface area contributed by atoms with Gasteiger partial charge in [-0.1, -0.05) is 18.5 Å². The monoisotopic (exact) mass is 581 g/mol. The molecule has 0 bridgehead atoms. The van der Waals surface area contributed by atoms with Gasteiger partial charge in [0, 0.05) is 30.9 Å². The number of nitrogens with zero attached hydrogens (tertiary/aromatic N) is 2. The Morgan fingerprint density at radius 1 is 1.18 bits per heavy atom. The summed E-state index contributed by atoms with van der Waals surface area (Å²) in [5, 5.41) is -0.0763. The van der Waals surface area contributed by atoms with Gasteiger partial charge in [0.25, 0.3) is 0 Å². The van der Waals surface area contributed by atoms with E-state index in [0.29, 0.717) is 30.8 Å². The maximum Gasteiger partial charge on any atom is 0.417 e. The molecule has 1 aliphatic rings. The van der Waals surface area contributed by atoms with Gasteiger partial charge in [-0.05, 0) is 56.2 Å². The average Bonchev–Trinajstić information content (AvgIpc) is 3.69. The van der Waals surface area contributed by atoms with E-state index in [9.17, 15) is 26.0 Å². The Morgan fingerprint density at radius 2 is 1.92 bits per heavy atom. The van der Waals surface area contributed by atoms with E-state index in [1.165, 1.54) is 13.0 Å². The van der Waals surface area contributed by atoms with Crippen LogP contribution in [-0.4, -0.2) is 45.6 Å². The van der Waals surface area contributed by atoms with Crippen molar-refractivity contribution in [3.8, 4) is 5.75 Å². The molecule has 13 heteroatoms. The molecule has 7 nitrogen and oxygen atoms in total. The van der Waals surface area contributed by atoms with Crippen molar-refractivity contribution < 1.29 is 35.5 Å². The smallest absolute Gasteiger partial charge is 0.417 e. The van der Waals surface area contributed by atoms with Crippen molar-refractivity contribution >= 4 is 27.4 Å². The molecule has 0 spiro atoms. The van der Waals surface area contributed by atoms with Crippen molar-refractivity contribution in [3.63, 3.8) is 0 Å². The number of pyridine rings is 1. The molecular weight excluding hydrogens is 550 g/mol. The SMILES string of the molecule is CCCN(CCCOc1cc(F)c(COCNS(=O)(=O)CC)cc1C1CC1)c1ncc(C(F)(F)F)cc1Cl. The van der Waals surface area contributed by atoms with Crippen LogP contribution < -0.4 is 14.4 Å². The number of aromatic nitrogens is 1. The molecule has 0 unspecified atom stereocenters. The number of halogens is 5. The Morgan fingerprint density at radius 3 is 2.53 bits per heavy atom. The zero-order chi connectivity index (χ0) is 27.9. The number of sulfonamides is 1. The molecule has 212 valence electrons. The van der Waals surface area contributed by atoms with Crippen LogP contribution in [0.3, 0.4) is 0 Å². The Kier molecular flexibility index (Phi) is 10.6. The molecule has 2 aromatic rings. The molecule has 38 heavy (non-hydrogen) atoms. The van der Waals surface area contributed by atoms with Crippen molar-refractivity contribution in [3.05, 3.63) is 51.9 Å². The molecule has 0 radical (unpaired) electrons. The van der Waals surface area contributed by atoms with E-state index in [1.807, 2.05) is 6.92 Å². The fourth-order valence-electron chi connectivity index (χ4n) is 3.81. The molecule has 3 rings (SSSR count). The number of hydrogen-bond donors (Lipinski definition) is 1. The lowest BCUT2D eigenvalue weighted by Gasteiger charge is -2.25. The van der Waals surface area contributed by atoms with Crippen LogP contribution >= 0.6 is 11.6 Å². The van der Waals surface area contributed by atoms with Crippen LogP contribution in [0.4, 0.5) is 23.4 Å². The van der Waals surface area contributed by atoms with Crippen LogP contribution in [0.5, 0.6) is 5.75 Å². The summed E-state index contributed by atoms with van der Waals surface area (Å²) in [6.07, 6.45) is -0.591. The summed E-state index contributed by atoms with van der Waals surface area (Å²) in [7, 11) is -3.40. The van der Waals surface area contributed by atoms with Gasteiger partial charge in [-0.25, -0.2) is 17.8 Å². The first kappa shape index (κ1) is 30.4. The minimum absolute atomic E-state index is 0.0763. The van der Waals surface area contributed by atoms with Gasteiger partial charge in [0.2, 0.25) is 10.0 Å². The molecular formula is C25H32ClF4N3O4S. The van der Waals surface area contributed by atoms with Crippen molar-refractivity contribution in [1.82, 2.24) is 9.71 Å². The Bertz CT molecular complexity index is 1190. The summed E-state index contributed by atoms with van der Waals surface area (Å²) in [5.74, 6) is 0.378. The molecule has 1 heterocycles. The Hall–Kier alpha value is -2.15. The number of ether oxygens (including phenoxy) is 2. The molecule has 0 amide bonds. The quantitative estimate of drug-likeness (QED) is 0.161. The minimum Gasteiger partial charge on any atom is -0.493 e. The standard InChI is InChI=1S/C25H32ClF4N3O4S/c1-3-8-33(24-21(26)12-19(14-31-24)25(28,29)30)9-5-10-37-23-13-22(27)18(11-20(23)17-6-7-17)15-36-16-32-38(34,35)4-2/h11-14,17,32H,3-10,15-16H2,1-2H3. The topological polar surface area (TPSA) is 80.8 Å². The van der Waals surface area contributed by atoms with Crippen LogP contribution in [-0.2, 0) is 27.5 Å². The molecule has 0 aliphatic heterocycles. The van der Waals surface area contributed by atoms with E-state index in [2.05, 4.69) is 9.71 Å². The van der Waals surface area contributed by atoms with Crippen LogP contribution in [0.15, 0.2) is 24.4 Å². The van der Waals surface area contributed by atoms with Crippen LogP contribution in [0.2, 0.25) is 5.02 Å². The molecule has 0 atom stereocenters.